The zero-order chi connectivity index (χ0) is 9.35. The number of rotatable bonds is 2. The average Bonchev–Trinajstić information content (AvgIpc) is 1.76. The average molecular weight is 181 g/mol. The maximum atomic E-state index is 12.2. The van der Waals surface area contributed by atoms with Crippen LogP contribution in [0.1, 0.15) is 13.3 Å². The van der Waals surface area contributed by atoms with Crippen molar-refractivity contribution in [2.45, 2.75) is 25.4 Å². The molecule has 0 saturated carbocycles. The lowest BCUT2D eigenvalue weighted by atomic mass is 10.1. The molecule has 70 valence electrons. The second kappa shape index (κ2) is 2.95. The van der Waals surface area contributed by atoms with Crippen LogP contribution in [-0.4, -0.2) is 36.0 Å². The topological polar surface area (TPSA) is 20.3 Å². The van der Waals surface area contributed by atoms with Crippen LogP contribution in [0, 0.1) is 0 Å². The molecule has 1 amide bonds. The van der Waals surface area contributed by atoms with Gasteiger partial charge in [-0.25, -0.2) is 13.2 Å². The summed E-state index contributed by atoms with van der Waals surface area (Å²) in [4.78, 5) is 12.0. The fraction of sp³-hybridized carbons (Fsp3) is 0.857. The molecule has 0 N–H and O–H groups in total. The number of halogens is 3. The van der Waals surface area contributed by atoms with Gasteiger partial charge in [-0.2, -0.15) is 0 Å². The van der Waals surface area contributed by atoms with Crippen LogP contribution in [0.5, 0.6) is 0 Å². The minimum atomic E-state index is -2.99. The van der Waals surface area contributed by atoms with Crippen molar-refractivity contribution in [2.75, 3.05) is 13.1 Å². The fourth-order valence-electron chi connectivity index (χ4n) is 1.01. The summed E-state index contributed by atoms with van der Waals surface area (Å²) < 4.78 is 36.7. The van der Waals surface area contributed by atoms with Gasteiger partial charge in [-0.05, 0) is 6.92 Å². The highest BCUT2D eigenvalue weighted by Gasteiger charge is 2.35. The molecule has 0 aromatic carbocycles. The summed E-state index contributed by atoms with van der Waals surface area (Å²) in [7, 11) is 0. The zero-order valence-corrected chi connectivity index (χ0v) is 6.69. The molecule has 0 unspecified atom stereocenters. The summed E-state index contributed by atoms with van der Waals surface area (Å²) in [5, 5.41) is 0. The Kier molecular flexibility index (Phi) is 2.30. The number of hydrogen-bond donors (Lipinski definition) is 0. The maximum absolute atomic E-state index is 12.2. The predicted octanol–water partition coefficient (Wildman–Crippen LogP) is 1.21. The third kappa shape index (κ3) is 2.39. The first kappa shape index (κ1) is 9.35. The Hall–Kier alpha value is -0.740. The van der Waals surface area contributed by atoms with Crippen LogP contribution >= 0.6 is 0 Å². The summed E-state index contributed by atoms with van der Waals surface area (Å²) in [6.07, 6.45) is -1.85. The van der Waals surface area contributed by atoms with Crippen molar-refractivity contribution in [2.24, 2.45) is 0 Å². The highest BCUT2D eigenvalue weighted by atomic mass is 19.3. The Bertz CT molecular complexity index is 184. The molecule has 0 bridgehead atoms. The molecule has 5 heteroatoms. The SMILES string of the molecule is CC(F)(F)CC(=O)N1CC(F)C1. The van der Waals surface area contributed by atoms with E-state index in [-0.39, 0.29) is 13.1 Å². The van der Waals surface area contributed by atoms with Crippen LogP contribution in [0.15, 0.2) is 0 Å². The Balaban J connectivity index is 2.30. The Morgan fingerprint density at radius 2 is 2.08 bits per heavy atom. The molecule has 2 nitrogen and oxygen atoms in total. The lowest BCUT2D eigenvalue weighted by Gasteiger charge is -2.34. The van der Waals surface area contributed by atoms with Gasteiger partial charge in [0, 0.05) is 0 Å². The summed E-state index contributed by atoms with van der Waals surface area (Å²) in [6, 6.07) is 0. The minimum Gasteiger partial charge on any atom is -0.337 e. The van der Waals surface area contributed by atoms with Gasteiger partial charge in [-0.1, -0.05) is 0 Å². The summed E-state index contributed by atoms with van der Waals surface area (Å²) in [6.45, 7) is 0.613. The highest BCUT2D eigenvalue weighted by Crippen LogP contribution is 2.21. The largest absolute Gasteiger partial charge is 0.337 e. The smallest absolute Gasteiger partial charge is 0.254 e. The Morgan fingerprint density at radius 3 is 2.42 bits per heavy atom. The summed E-state index contributed by atoms with van der Waals surface area (Å²) >= 11 is 0. The molecule has 0 aliphatic carbocycles. The van der Waals surface area contributed by atoms with Gasteiger partial charge in [0.2, 0.25) is 5.91 Å². The molecule has 1 saturated heterocycles. The summed E-state index contributed by atoms with van der Waals surface area (Å²) in [5.41, 5.74) is 0. The number of amides is 1. The number of carbonyl (C=O) groups excluding carboxylic acids is 1. The second-order valence-electron chi connectivity index (χ2n) is 3.14. The van der Waals surface area contributed by atoms with Crippen LogP contribution in [-0.2, 0) is 4.79 Å². The number of alkyl halides is 3. The van der Waals surface area contributed by atoms with Crippen LogP contribution < -0.4 is 0 Å². The van der Waals surface area contributed by atoms with Crippen LogP contribution in [0.25, 0.3) is 0 Å². The van der Waals surface area contributed by atoms with E-state index in [0.29, 0.717) is 6.92 Å². The van der Waals surface area contributed by atoms with E-state index in [1.807, 2.05) is 0 Å². The monoisotopic (exact) mass is 181 g/mol. The van der Waals surface area contributed by atoms with Crippen molar-refractivity contribution in [3.63, 3.8) is 0 Å². The van der Waals surface area contributed by atoms with E-state index in [9.17, 15) is 18.0 Å². The standard InChI is InChI=1S/C7H10F3NO/c1-7(9,10)2-6(12)11-3-5(8)4-11/h5H,2-4H2,1H3. The van der Waals surface area contributed by atoms with Gasteiger partial charge in [-0.15, -0.1) is 0 Å². The molecule has 1 heterocycles. The minimum absolute atomic E-state index is 0.0328. The number of nitrogens with zero attached hydrogens (tertiary/aromatic N) is 1. The normalized spacial score (nSPS) is 19.2. The third-order valence-electron chi connectivity index (χ3n) is 1.65. The van der Waals surface area contributed by atoms with Gasteiger partial charge in [-0.3, -0.25) is 4.79 Å². The molecule has 0 radical (unpaired) electrons. The Labute approximate surface area is 68.3 Å². The molecule has 0 aromatic rings. The van der Waals surface area contributed by atoms with Crippen molar-refractivity contribution in [1.82, 2.24) is 4.90 Å². The van der Waals surface area contributed by atoms with E-state index in [1.165, 1.54) is 0 Å². The highest BCUT2D eigenvalue weighted by molar-refractivity contribution is 5.77. The maximum Gasteiger partial charge on any atom is 0.254 e. The van der Waals surface area contributed by atoms with E-state index >= 15 is 0 Å². The van der Waals surface area contributed by atoms with Crippen molar-refractivity contribution in [3.8, 4) is 0 Å². The molecule has 1 fully saturated rings. The molecule has 1 rings (SSSR count). The molecular weight excluding hydrogens is 171 g/mol. The first-order chi connectivity index (χ1) is 5.38. The molecule has 1 aliphatic heterocycles. The zero-order valence-electron chi connectivity index (χ0n) is 6.69. The lowest BCUT2D eigenvalue weighted by Crippen LogP contribution is -2.52. The number of hydrogen-bond acceptors (Lipinski definition) is 1. The quantitative estimate of drug-likeness (QED) is 0.627. The van der Waals surface area contributed by atoms with Gasteiger partial charge in [0.1, 0.15) is 6.17 Å². The van der Waals surface area contributed by atoms with Crippen molar-refractivity contribution in [3.05, 3.63) is 0 Å². The number of carbonyl (C=O) groups is 1. The van der Waals surface area contributed by atoms with E-state index in [4.69, 9.17) is 0 Å². The van der Waals surface area contributed by atoms with Crippen molar-refractivity contribution in [1.29, 1.82) is 0 Å². The van der Waals surface area contributed by atoms with E-state index < -0.39 is 24.4 Å². The first-order valence-corrected chi connectivity index (χ1v) is 3.68. The molecule has 12 heavy (non-hydrogen) atoms. The van der Waals surface area contributed by atoms with Gasteiger partial charge < -0.3 is 4.90 Å². The van der Waals surface area contributed by atoms with Crippen LogP contribution in [0.4, 0.5) is 13.2 Å². The molecule has 1 aliphatic rings. The molecule has 0 spiro atoms. The molecule has 0 aromatic heterocycles. The van der Waals surface area contributed by atoms with E-state index in [1.54, 1.807) is 0 Å². The molecular formula is C7H10F3NO. The van der Waals surface area contributed by atoms with Crippen molar-refractivity contribution >= 4 is 5.91 Å². The van der Waals surface area contributed by atoms with E-state index in [0.717, 1.165) is 4.90 Å². The van der Waals surface area contributed by atoms with Crippen molar-refractivity contribution < 1.29 is 18.0 Å². The number of likely N-dealkylation sites (tertiary alicyclic amines) is 1. The Morgan fingerprint density at radius 1 is 1.58 bits per heavy atom. The van der Waals surface area contributed by atoms with Crippen LogP contribution in [0.2, 0.25) is 0 Å². The summed E-state index contributed by atoms with van der Waals surface area (Å²) in [5.74, 6) is -3.66. The van der Waals surface area contributed by atoms with E-state index in [2.05, 4.69) is 0 Å². The fourth-order valence-corrected chi connectivity index (χ4v) is 1.01. The van der Waals surface area contributed by atoms with Gasteiger partial charge in [0.15, 0.2) is 0 Å². The predicted molar refractivity (Wildman–Crippen MR) is 36.7 cm³/mol. The van der Waals surface area contributed by atoms with Gasteiger partial charge in [0.25, 0.3) is 5.92 Å². The van der Waals surface area contributed by atoms with Gasteiger partial charge >= 0.3 is 0 Å². The van der Waals surface area contributed by atoms with Crippen LogP contribution in [0.3, 0.4) is 0 Å². The van der Waals surface area contributed by atoms with Gasteiger partial charge in [0.05, 0.1) is 19.5 Å². The molecule has 0 atom stereocenters. The first-order valence-electron chi connectivity index (χ1n) is 3.68. The second-order valence-corrected chi connectivity index (χ2v) is 3.14. The lowest BCUT2D eigenvalue weighted by molar-refractivity contribution is -0.144. The third-order valence-corrected chi connectivity index (χ3v) is 1.65.